The lowest BCUT2D eigenvalue weighted by Gasteiger charge is -2.47. The summed E-state index contributed by atoms with van der Waals surface area (Å²) in [5.74, 6) is -0.454. The molecule has 16 nitrogen and oxygen atoms in total. The number of hydroxylamine groups is 2. The predicted octanol–water partition coefficient (Wildman–Crippen LogP) is 3.48. The summed E-state index contributed by atoms with van der Waals surface area (Å²) in [6.07, 6.45) is 11.1. The van der Waals surface area contributed by atoms with Crippen LogP contribution in [-0.2, 0) is 66.4 Å². The molecular formula is C40H75NO15. The van der Waals surface area contributed by atoms with Crippen molar-refractivity contribution in [1.29, 1.82) is 0 Å². The Bertz CT molecular complexity index is 922. The number of carbonyl (C=O) groups is 1. The third-order valence-electron chi connectivity index (χ3n) is 10.5. The smallest absolute Gasteiger partial charge is 0.311 e. The summed E-state index contributed by atoms with van der Waals surface area (Å²) in [5, 5.41) is 13.1. The molecule has 1 atom stereocenters. The third kappa shape index (κ3) is 20.2. The van der Waals surface area contributed by atoms with Gasteiger partial charge in [-0.15, -0.1) is 0 Å². The summed E-state index contributed by atoms with van der Waals surface area (Å²) in [5.41, 5.74) is -0.729. The SMILES string of the molecule is COCCOCCOCCOCCOCCOCCOCCOCCOCCOCCOCCOCCOC(=O)C1CC2(CCCCC2)N(O)C12CCCCC2. The molecule has 2 aliphatic carbocycles. The van der Waals surface area contributed by atoms with Gasteiger partial charge in [0.25, 0.3) is 0 Å². The number of hydrogen-bond acceptors (Lipinski definition) is 16. The molecule has 1 saturated heterocycles. The van der Waals surface area contributed by atoms with E-state index in [1.54, 1.807) is 12.2 Å². The van der Waals surface area contributed by atoms with E-state index in [1.165, 1.54) is 6.42 Å². The first-order valence-corrected chi connectivity index (χ1v) is 21.1. The lowest BCUT2D eigenvalue weighted by atomic mass is 9.73. The Kier molecular flexibility index (Phi) is 28.8. The van der Waals surface area contributed by atoms with E-state index < -0.39 is 5.54 Å². The zero-order valence-electron chi connectivity index (χ0n) is 34.4. The summed E-state index contributed by atoms with van der Waals surface area (Å²) in [7, 11) is 1.64. The largest absolute Gasteiger partial charge is 0.463 e. The molecule has 1 unspecified atom stereocenters. The molecule has 0 bridgehead atoms. The highest BCUT2D eigenvalue weighted by atomic mass is 16.6. The molecular weight excluding hydrogens is 734 g/mol. The maximum atomic E-state index is 13.3. The van der Waals surface area contributed by atoms with Crippen LogP contribution in [0.2, 0.25) is 0 Å². The summed E-state index contributed by atoms with van der Waals surface area (Å²) in [4.78, 5) is 13.3. The molecule has 1 heterocycles. The lowest BCUT2D eigenvalue weighted by Crippen LogP contribution is -2.56. The molecule has 2 spiro atoms. The highest BCUT2D eigenvalue weighted by molar-refractivity contribution is 5.75. The minimum absolute atomic E-state index is 0.183. The number of esters is 1. The predicted molar refractivity (Wildman–Crippen MR) is 205 cm³/mol. The number of hydrogen-bond donors (Lipinski definition) is 1. The fourth-order valence-corrected chi connectivity index (χ4v) is 7.67. The maximum absolute atomic E-state index is 13.3. The molecule has 0 aromatic carbocycles. The van der Waals surface area contributed by atoms with Crippen LogP contribution in [0.4, 0.5) is 0 Å². The topological polar surface area (TPSA) is 161 Å². The van der Waals surface area contributed by atoms with E-state index in [1.807, 2.05) is 0 Å². The van der Waals surface area contributed by atoms with Gasteiger partial charge in [-0.05, 0) is 32.1 Å². The van der Waals surface area contributed by atoms with Crippen LogP contribution in [0.25, 0.3) is 0 Å². The lowest BCUT2D eigenvalue weighted by molar-refractivity contribution is -0.233. The van der Waals surface area contributed by atoms with Crippen LogP contribution in [0.3, 0.4) is 0 Å². The highest BCUT2D eigenvalue weighted by Gasteiger charge is 2.62. The Morgan fingerprint density at radius 3 is 1.05 bits per heavy atom. The van der Waals surface area contributed by atoms with Gasteiger partial charge in [0.15, 0.2) is 0 Å². The minimum atomic E-state index is -0.467. The quantitative estimate of drug-likeness (QED) is 0.0717. The Morgan fingerprint density at radius 1 is 0.446 bits per heavy atom. The molecule has 3 fully saturated rings. The van der Waals surface area contributed by atoms with Crippen molar-refractivity contribution in [3.63, 3.8) is 0 Å². The minimum Gasteiger partial charge on any atom is -0.463 e. The van der Waals surface area contributed by atoms with Crippen LogP contribution < -0.4 is 0 Å². The van der Waals surface area contributed by atoms with Gasteiger partial charge in [0.2, 0.25) is 0 Å². The number of methoxy groups -OCH3 is 1. The number of carbonyl (C=O) groups excluding carboxylic acids is 1. The zero-order valence-corrected chi connectivity index (χ0v) is 34.4. The summed E-state index contributed by atoms with van der Waals surface area (Å²) in [6, 6.07) is 0. The van der Waals surface area contributed by atoms with E-state index in [0.29, 0.717) is 158 Å². The van der Waals surface area contributed by atoms with Crippen molar-refractivity contribution in [3.05, 3.63) is 0 Å². The second-order valence-corrected chi connectivity index (χ2v) is 14.4. The molecule has 2 saturated carbocycles. The Labute approximate surface area is 335 Å². The fraction of sp³-hybridized carbons (Fsp3) is 0.975. The average Bonchev–Trinajstić information content (AvgIpc) is 3.43. The van der Waals surface area contributed by atoms with Gasteiger partial charge in [-0.2, -0.15) is 5.06 Å². The van der Waals surface area contributed by atoms with Gasteiger partial charge in [-0.1, -0.05) is 38.5 Å². The van der Waals surface area contributed by atoms with Crippen molar-refractivity contribution in [2.45, 2.75) is 81.7 Å². The molecule has 1 N–H and O–H groups in total. The van der Waals surface area contributed by atoms with Crippen molar-refractivity contribution in [2.24, 2.45) is 5.92 Å². The first-order chi connectivity index (χ1) is 27.6. The molecule has 1 aliphatic heterocycles. The molecule has 0 aromatic rings. The van der Waals surface area contributed by atoms with Crippen LogP contribution in [0.1, 0.15) is 70.6 Å². The summed E-state index contributed by atoms with van der Waals surface area (Å²) in [6.45, 7) is 11.6. The van der Waals surface area contributed by atoms with Gasteiger partial charge in [-0.25, -0.2) is 0 Å². The maximum Gasteiger partial charge on any atom is 0.311 e. The van der Waals surface area contributed by atoms with Crippen molar-refractivity contribution < 1.29 is 71.6 Å². The van der Waals surface area contributed by atoms with Crippen molar-refractivity contribution in [2.75, 3.05) is 166 Å². The van der Waals surface area contributed by atoms with Gasteiger partial charge >= 0.3 is 5.97 Å². The van der Waals surface area contributed by atoms with E-state index >= 15 is 0 Å². The molecule has 0 radical (unpaired) electrons. The molecule has 0 amide bonds. The molecule has 0 aromatic heterocycles. The zero-order chi connectivity index (χ0) is 39.7. The van der Waals surface area contributed by atoms with E-state index in [-0.39, 0.29) is 24.0 Å². The normalized spacial score (nSPS) is 19.4. The molecule has 3 rings (SSSR count). The van der Waals surface area contributed by atoms with Crippen LogP contribution in [0.5, 0.6) is 0 Å². The van der Waals surface area contributed by atoms with Gasteiger partial charge in [0, 0.05) is 12.6 Å². The van der Waals surface area contributed by atoms with Gasteiger partial charge in [0.05, 0.1) is 163 Å². The van der Waals surface area contributed by atoms with E-state index in [0.717, 1.165) is 57.8 Å². The fourth-order valence-electron chi connectivity index (χ4n) is 7.67. The van der Waals surface area contributed by atoms with Gasteiger partial charge in [0.1, 0.15) is 6.61 Å². The van der Waals surface area contributed by atoms with Crippen molar-refractivity contribution >= 4 is 5.97 Å². The van der Waals surface area contributed by atoms with Gasteiger partial charge in [-0.3, -0.25) is 4.79 Å². The van der Waals surface area contributed by atoms with Crippen LogP contribution in [0, 0.1) is 5.92 Å². The second-order valence-electron chi connectivity index (χ2n) is 14.4. The number of nitrogens with zero attached hydrogens (tertiary/aromatic N) is 1. The number of ether oxygens (including phenoxy) is 13. The van der Waals surface area contributed by atoms with Crippen LogP contribution in [0.15, 0.2) is 0 Å². The van der Waals surface area contributed by atoms with Crippen molar-refractivity contribution in [3.8, 4) is 0 Å². The average molecular weight is 810 g/mol. The Balaban J connectivity index is 0.975. The van der Waals surface area contributed by atoms with Crippen LogP contribution >= 0.6 is 0 Å². The van der Waals surface area contributed by atoms with Crippen molar-refractivity contribution in [1.82, 2.24) is 5.06 Å². The van der Waals surface area contributed by atoms with Crippen LogP contribution in [-0.4, -0.2) is 193 Å². The highest BCUT2D eigenvalue weighted by Crippen LogP contribution is 2.55. The van der Waals surface area contributed by atoms with E-state index in [2.05, 4.69) is 0 Å². The summed E-state index contributed by atoms with van der Waals surface area (Å²) < 4.78 is 71.0. The first kappa shape index (κ1) is 49.3. The molecule has 330 valence electrons. The molecule has 56 heavy (non-hydrogen) atoms. The Morgan fingerprint density at radius 2 is 0.732 bits per heavy atom. The Hall–Kier alpha value is -1.09. The standard InChI is InChI=1S/C40H75NO15/c1-44-12-13-45-14-15-46-16-17-47-18-19-48-20-21-49-22-23-50-24-25-51-26-27-52-28-29-53-30-31-54-32-33-55-34-35-56-38(42)37-36-39(8-4-2-5-9-39)41(43)40(37)10-6-3-7-11-40/h37,43H,2-36H2,1H3. The first-order valence-electron chi connectivity index (χ1n) is 21.1. The van der Waals surface area contributed by atoms with Gasteiger partial charge < -0.3 is 66.8 Å². The second kappa shape index (κ2) is 32.7. The number of rotatable bonds is 37. The van der Waals surface area contributed by atoms with E-state index in [9.17, 15) is 10.0 Å². The molecule has 16 heteroatoms. The monoisotopic (exact) mass is 810 g/mol. The van der Waals surface area contributed by atoms with E-state index in [4.69, 9.17) is 61.6 Å². The summed E-state index contributed by atoms with van der Waals surface area (Å²) >= 11 is 0. The third-order valence-corrected chi connectivity index (χ3v) is 10.5. The molecule has 3 aliphatic rings.